The van der Waals surface area contributed by atoms with Crippen LogP contribution in [0.25, 0.3) is 0 Å². The minimum Gasteiger partial charge on any atom is -0.257 e. The maximum Gasteiger partial charge on any atom is 0.128 e. The van der Waals surface area contributed by atoms with Crippen LogP contribution in [0.1, 0.15) is 22.8 Å². The van der Waals surface area contributed by atoms with Gasteiger partial charge in [-0.1, -0.05) is 0 Å². The van der Waals surface area contributed by atoms with Gasteiger partial charge < -0.3 is 0 Å². The maximum atomic E-state index is 4.47. The molecule has 4 nitrogen and oxygen atoms in total. The third-order valence-electron chi connectivity index (χ3n) is 2.26. The Morgan fingerprint density at radius 3 is 1.50 bits per heavy atom. The Morgan fingerprint density at radius 1 is 0.722 bits per heavy atom. The van der Waals surface area contributed by atoms with Gasteiger partial charge in [-0.2, -0.15) is 0 Å². The quantitative estimate of drug-likeness (QED) is 0.803. The minimum absolute atomic E-state index is 0.927. The van der Waals surface area contributed by atoms with Crippen LogP contribution in [0.5, 0.6) is 0 Å². The second-order valence-corrected chi connectivity index (χ2v) is 6.08. The topological polar surface area (TPSA) is 51.6 Å². The van der Waals surface area contributed by atoms with Gasteiger partial charge in [-0.05, 0) is 49.3 Å². The highest BCUT2D eigenvalue weighted by molar-refractivity contribution is 8.76. The largest absolute Gasteiger partial charge is 0.257 e. The molecule has 6 heteroatoms. The zero-order valence-electron chi connectivity index (χ0n) is 10.8. The zero-order valence-corrected chi connectivity index (χ0v) is 12.4. The van der Waals surface area contributed by atoms with Crippen molar-refractivity contribution < 1.29 is 0 Å². The van der Waals surface area contributed by atoms with E-state index in [0.29, 0.717) is 0 Å². The number of rotatable bonds is 3. The molecule has 18 heavy (non-hydrogen) atoms. The van der Waals surface area contributed by atoms with E-state index in [1.54, 1.807) is 34.0 Å². The van der Waals surface area contributed by atoms with E-state index in [0.717, 1.165) is 32.8 Å². The Morgan fingerprint density at radius 2 is 1.11 bits per heavy atom. The smallest absolute Gasteiger partial charge is 0.128 e. The summed E-state index contributed by atoms with van der Waals surface area (Å²) in [5, 5.41) is 1.87. The highest BCUT2D eigenvalue weighted by Crippen LogP contribution is 2.37. The lowest BCUT2D eigenvalue weighted by atomic mass is 10.4. The predicted molar refractivity (Wildman–Crippen MR) is 74.7 cm³/mol. The van der Waals surface area contributed by atoms with Crippen LogP contribution in [0, 0.1) is 27.7 Å². The first-order valence-electron chi connectivity index (χ1n) is 5.51. The van der Waals surface area contributed by atoms with Gasteiger partial charge in [0.15, 0.2) is 0 Å². The molecule has 0 unspecified atom stereocenters. The molecule has 0 saturated heterocycles. The molecule has 0 bridgehead atoms. The molecule has 0 aliphatic carbocycles. The number of hydrogen-bond donors (Lipinski definition) is 0. The monoisotopic (exact) mass is 278 g/mol. The molecule has 0 fully saturated rings. The molecular formula is C12H14N4S2. The lowest BCUT2D eigenvalue weighted by molar-refractivity contribution is 0.945. The number of nitrogens with zero attached hydrogens (tertiary/aromatic N) is 4. The molecule has 0 radical (unpaired) electrons. The van der Waals surface area contributed by atoms with Crippen molar-refractivity contribution in [3.05, 3.63) is 35.2 Å². The van der Waals surface area contributed by atoms with Crippen LogP contribution in [0.4, 0.5) is 0 Å². The summed E-state index contributed by atoms with van der Waals surface area (Å²) in [5.41, 5.74) is 3.74. The first kappa shape index (κ1) is 13.3. The van der Waals surface area contributed by atoms with Gasteiger partial charge in [0.1, 0.15) is 10.1 Å². The van der Waals surface area contributed by atoms with E-state index in [-0.39, 0.29) is 0 Å². The van der Waals surface area contributed by atoms with Crippen molar-refractivity contribution in [2.75, 3.05) is 0 Å². The van der Waals surface area contributed by atoms with Gasteiger partial charge in [-0.3, -0.25) is 9.97 Å². The SMILES string of the molecule is Cc1cnc(C)c(SSc2nc(C)cnc2C)n1. The molecule has 0 amide bonds. The average molecular weight is 278 g/mol. The summed E-state index contributed by atoms with van der Waals surface area (Å²) < 4.78 is 0. The van der Waals surface area contributed by atoms with Gasteiger partial charge in [0.25, 0.3) is 0 Å². The van der Waals surface area contributed by atoms with E-state index in [1.807, 2.05) is 27.7 Å². The van der Waals surface area contributed by atoms with E-state index in [9.17, 15) is 0 Å². The van der Waals surface area contributed by atoms with Gasteiger partial charge in [0, 0.05) is 12.4 Å². The highest BCUT2D eigenvalue weighted by atomic mass is 33.1. The van der Waals surface area contributed by atoms with E-state index in [4.69, 9.17) is 0 Å². The molecule has 0 aromatic carbocycles. The Labute approximate surface area is 114 Å². The van der Waals surface area contributed by atoms with Crippen LogP contribution in [0.3, 0.4) is 0 Å². The summed E-state index contributed by atoms with van der Waals surface area (Å²) in [5.74, 6) is 0. The lowest BCUT2D eigenvalue weighted by Crippen LogP contribution is -1.93. The molecule has 0 atom stereocenters. The minimum atomic E-state index is 0.927. The van der Waals surface area contributed by atoms with Crippen molar-refractivity contribution in [2.45, 2.75) is 37.7 Å². The van der Waals surface area contributed by atoms with Gasteiger partial charge in [-0.15, -0.1) is 0 Å². The van der Waals surface area contributed by atoms with E-state index < -0.39 is 0 Å². The number of hydrogen-bond acceptors (Lipinski definition) is 6. The fourth-order valence-corrected chi connectivity index (χ4v) is 3.56. The second kappa shape index (κ2) is 5.67. The maximum absolute atomic E-state index is 4.47. The number of aromatic nitrogens is 4. The normalized spacial score (nSPS) is 10.7. The van der Waals surface area contributed by atoms with Gasteiger partial charge >= 0.3 is 0 Å². The molecular weight excluding hydrogens is 264 g/mol. The first-order valence-corrected chi connectivity index (χ1v) is 7.66. The number of aryl methyl sites for hydroxylation is 4. The van der Waals surface area contributed by atoms with E-state index in [2.05, 4.69) is 19.9 Å². The molecule has 2 aromatic heterocycles. The molecule has 0 aliphatic heterocycles. The van der Waals surface area contributed by atoms with Gasteiger partial charge in [0.05, 0.1) is 22.8 Å². The molecule has 2 aromatic rings. The van der Waals surface area contributed by atoms with Crippen LogP contribution >= 0.6 is 21.6 Å². The fourth-order valence-electron chi connectivity index (χ4n) is 1.27. The molecule has 2 rings (SSSR count). The molecule has 94 valence electrons. The summed E-state index contributed by atoms with van der Waals surface area (Å²) in [6.45, 7) is 7.81. The van der Waals surface area contributed by atoms with Crippen molar-refractivity contribution in [2.24, 2.45) is 0 Å². The molecule has 0 N–H and O–H groups in total. The zero-order chi connectivity index (χ0) is 13.1. The van der Waals surface area contributed by atoms with Gasteiger partial charge in [-0.25, -0.2) is 9.97 Å². The molecule has 2 heterocycles. The summed E-state index contributed by atoms with van der Waals surface area (Å²) in [6.07, 6.45) is 3.56. The molecule has 0 spiro atoms. The Hall–Kier alpha value is -1.14. The van der Waals surface area contributed by atoms with Crippen LogP contribution < -0.4 is 0 Å². The first-order chi connectivity index (χ1) is 8.56. The Bertz CT molecular complexity index is 520. The van der Waals surface area contributed by atoms with Crippen molar-refractivity contribution in [1.29, 1.82) is 0 Å². The standard InChI is InChI=1S/C12H14N4S2/c1-7-5-13-9(3)11(15-7)17-18-12-10(4)14-6-8(2)16-12/h5-6H,1-4H3. The lowest BCUT2D eigenvalue weighted by Gasteiger charge is -2.05. The molecule has 0 aliphatic rings. The third kappa shape index (κ3) is 3.20. The summed E-state index contributed by atoms with van der Waals surface area (Å²) in [6, 6.07) is 0. The Balaban J connectivity index is 2.16. The van der Waals surface area contributed by atoms with Crippen LogP contribution in [0.15, 0.2) is 22.4 Å². The van der Waals surface area contributed by atoms with Gasteiger partial charge in [0.2, 0.25) is 0 Å². The van der Waals surface area contributed by atoms with E-state index >= 15 is 0 Å². The average Bonchev–Trinajstić information content (AvgIpc) is 2.34. The van der Waals surface area contributed by atoms with Crippen molar-refractivity contribution in [3.8, 4) is 0 Å². The Kier molecular flexibility index (Phi) is 4.19. The van der Waals surface area contributed by atoms with Crippen molar-refractivity contribution >= 4 is 21.6 Å². The summed E-state index contributed by atoms with van der Waals surface area (Å²) in [4.78, 5) is 17.5. The summed E-state index contributed by atoms with van der Waals surface area (Å²) >= 11 is 0. The van der Waals surface area contributed by atoms with Crippen molar-refractivity contribution in [1.82, 2.24) is 19.9 Å². The predicted octanol–water partition coefficient (Wildman–Crippen LogP) is 3.30. The van der Waals surface area contributed by atoms with Crippen LogP contribution in [0.2, 0.25) is 0 Å². The molecule has 0 saturated carbocycles. The summed E-state index contributed by atoms with van der Waals surface area (Å²) in [7, 11) is 3.16. The highest BCUT2D eigenvalue weighted by Gasteiger charge is 2.08. The fraction of sp³-hybridized carbons (Fsp3) is 0.333. The second-order valence-electron chi connectivity index (χ2n) is 3.97. The van der Waals surface area contributed by atoms with E-state index in [1.165, 1.54) is 0 Å². The van der Waals surface area contributed by atoms with Crippen LogP contribution in [-0.4, -0.2) is 19.9 Å². The third-order valence-corrected chi connectivity index (χ3v) is 4.63. The van der Waals surface area contributed by atoms with Crippen molar-refractivity contribution in [3.63, 3.8) is 0 Å². The van der Waals surface area contributed by atoms with Crippen LogP contribution in [-0.2, 0) is 0 Å².